The van der Waals surface area contributed by atoms with Crippen LogP contribution in [0.15, 0.2) is 60.2 Å². The van der Waals surface area contributed by atoms with Gasteiger partial charge >= 0.3 is 5.97 Å². The molecule has 0 saturated carbocycles. The fourth-order valence-corrected chi connectivity index (χ4v) is 3.17. The van der Waals surface area contributed by atoms with Crippen molar-refractivity contribution in [3.05, 3.63) is 71.3 Å². The Kier molecular flexibility index (Phi) is 6.25. The first-order chi connectivity index (χ1) is 13.6. The van der Waals surface area contributed by atoms with Gasteiger partial charge in [-0.2, -0.15) is 5.26 Å². The van der Waals surface area contributed by atoms with Gasteiger partial charge in [0, 0.05) is 0 Å². The summed E-state index contributed by atoms with van der Waals surface area (Å²) < 4.78 is 10.6. The largest absolute Gasteiger partial charge is 0.479 e. The van der Waals surface area contributed by atoms with Crippen molar-refractivity contribution in [3.8, 4) is 11.8 Å². The van der Waals surface area contributed by atoms with Gasteiger partial charge < -0.3 is 20.1 Å². The van der Waals surface area contributed by atoms with Gasteiger partial charge in [0.2, 0.25) is 0 Å². The van der Waals surface area contributed by atoms with E-state index >= 15 is 0 Å². The van der Waals surface area contributed by atoms with Gasteiger partial charge in [0.15, 0.2) is 11.7 Å². The fraction of sp³-hybridized carbons (Fsp3) is 0.190. The second kappa shape index (κ2) is 9.02. The van der Waals surface area contributed by atoms with Gasteiger partial charge in [-0.25, -0.2) is 4.79 Å². The van der Waals surface area contributed by atoms with E-state index in [1.165, 1.54) is 0 Å². The molecular weight excluding hydrogens is 374 g/mol. The van der Waals surface area contributed by atoms with Crippen LogP contribution in [-0.2, 0) is 9.53 Å². The number of thiocarbonyl (C=S) groups is 1. The highest BCUT2D eigenvalue weighted by Gasteiger charge is 2.33. The van der Waals surface area contributed by atoms with Crippen molar-refractivity contribution in [1.82, 2.24) is 10.6 Å². The van der Waals surface area contributed by atoms with Crippen molar-refractivity contribution in [3.63, 3.8) is 0 Å². The number of carbonyl (C=O) groups excluding carboxylic acids is 1. The van der Waals surface area contributed by atoms with Gasteiger partial charge in [0.1, 0.15) is 11.8 Å². The van der Waals surface area contributed by atoms with Crippen molar-refractivity contribution < 1.29 is 14.3 Å². The summed E-state index contributed by atoms with van der Waals surface area (Å²) >= 11 is 5.38. The van der Waals surface area contributed by atoms with Gasteiger partial charge in [0.25, 0.3) is 0 Å². The standard InChI is InChI=1S/C21H19N3O3S/c1-2-26-20(25)17-18(14-6-4-3-5-7-14)23-21(28)24-19(17)15-8-10-16(11-9-15)27-13-12-22/h3-11,19H,2,13H2,1H3,(H2,23,24,28)/t19-/m1/s1. The summed E-state index contributed by atoms with van der Waals surface area (Å²) in [4.78, 5) is 12.8. The lowest BCUT2D eigenvalue weighted by atomic mass is 9.93. The maximum atomic E-state index is 12.8. The number of carbonyl (C=O) groups is 1. The molecule has 2 aromatic rings. The van der Waals surface area contributed by atoms with Crippen LogP contribution < -0.4 is 15.4 Å². The normalized spacial score (nSPS) is 15.9. The van der Waals surface area contributed by atoms with E-state index in [1.807, 2.05) is 48.5 Å². The predicted octanol–water partition coefficient (Wildman–Crippen LogP) is 3.08. The fourth-order valence-electron chi connectivity index (χ4n) is 2.95. The molecule has 2 N–H and O–H groups in total. The van der Waals surface area contributed by atoms with Crippen LogP contribution >= 0.6 is 12.2 Å². The molecule has 7 heteroatoms. The molecule has 2 aromatic carbocycles. The number of esters is 1. The maximum Gasteiger partial charge on any atom is 0.338 e. The monoisotopic (exact) mass is 393 g/mol. The first kappa shape index (κ1) is 19.4. The van der Waals surface area contributed by atoms with E-state index in [4.69, 9.17) is 27.0 Å². The van der Waals surface area contributed by atoms with Gasteiger partial charge in [-0.3, -0.25) is 0 Å². The number of benzene rings is 2. The Morgan fingerprint density at radius 3 is 2.54 bits per heavy atom. The number of hydrogen-bond acceptors (Lipinski definition) is 5. The van der Waals surface area contributed by atoms with E-state index in [1.54, 1.807) is 19.1 Å². The predicted molar refractivity (Wildman–Crippen MR) is 109 cm³/mol. The van der Waals surface area contributed by atoms with Crippen LogP contribution in [0.1, 0.15) is 24.1 Å². The molecule has 142 valence electrons. The molecule has 0 aromatic heterocycles. The molecule has 0 unspecified atom stereocenters. The molecule has 6 nitrogen and oxygen atoms in total. The molecular formula is C21H19N3O3S. The minimum atomic E-state index is -0.479. The third kappa shape index (κ3) is 4.30. The van der Waals surface area contributed by atoms with Crippen molar-refractivity contribution in [2.24, 2.45) is 0 Å². The topological polar surface area (TPSA) is 83.4 Å². The van der Waals surface area contributed by atoms with Gasteiger partial charge in [0.05, 0.1) is 23.9 Å². The number of ether oxygens (including phenoxy) is 2. The molecule has 0 fully saturated rings. The highest BCUT2D eigenvalue weighted by Crippen LogP contribution is 2.32. The zero-order valence-electron chi connectivity index (χ0n) is 15.3. The third-order valence-electron chi connectivity index (χ3n) is 4.15. The van der Waals surface area contributed by atoms with E-state index in [2.05, 4.69) is 10.6 Å². The summed E-state index contributed by atoms with van der Waals surface area (Å²) in [6.07, 6.45) is 0. The zero-order valence-corrected chi connectivity index (χ0v) is 16.1. The summed E-state index contributed by atoms with van der Waals surface area (Å²) in [6.45, 7) is 2.01. The van der Waals surface area contributed by atoms with E-state index in [0.717, 1.165) is 11.1 Å². The van der Waals surface area contributed by atoms with Crippen molar-refractivity contribution in [2.45, 2.75) is 13.0 Å². The average molecular weight is 393 g/mol. The lowest BCUT2D eigenvalue weighted by Crippen LogP contribution is -2.45. The van der Waals surface area contributed by atoms with Crippen LogP contribution in [0.2, 0.25) is 0 Å². The molecule has 1 atom stereocenters. The van der Waals surface area contributed by atoms with Crippen LogP contribution in [0.3, 0.4) is 0 Å². The number of nitriles is 1. The minimum absolute atomic E-state index is 0.0266. The van der Waals surface area contributed by atoms with Crippen LogP contribution in [0.25, 0.3) is 5.70 Å². The minimum Gasteiger partial charge on any atom is -0.479 e. The van der Waals surface area contributed by atoms with Crippen LogP contribution in [0, 0.1) is 11.3 Å². The van der Waals surface area contributed by atoms with Crippen LogP contribution in [-0.4, -0.2) is 24.3 Å². The molecule has 0 saturated heterocycles. The van der Waals surface area contributed by atoms with E-state index in [0.29, 0.717) is 22.1 Å². The van der Waals surface area contributed by atoms with Gasteiger partial charge in [-0.1, -0.05) is 42.5 Å². The lowest BCUT2D eigenvalue weighted by molar-refractivity contribution is -0.138. The third-order valence-corrected chi connectivity index (χ3v) is 4.37. The Balaban J connectivity index is 2.05. The molecule has 1 heterocycles. The molecule has 0 aliphatic carbocycles. The summed E-state index contributed by atoms with van der Waals surface area (Å²) in [5, 5.41) is 15.3. The first-order valence-corrected chi connectivity index (χ1v) is 9.18. The Morgan fingerprint density at radius 1 is 1.18 bits per heavy atom. The summed E-state index contributed by atoms with van der Waals surface area (Å²) in [5.41, 5.74) is 2.74. The van der Waals surface area contributed by atoms with E-state index in [-0.39, 0.29) is 13.2 Å². The van der Waals surface area contributed by atoms with Gasteiger partial charge in [-0.15, -0.1) is 0 Å². The molecule has 28 heavy (non-hydrogen) atoms. The number of rotatable bonds is 6. The van der Waals surface area contributed by atoms with Crippen LogP contribution in [0.5, 0.6) is 5.75 Å². The average Bonchev–Trinajstić information content (AvgIpc) is 2.72. The second-order valence-corrected chi connectivity index (χ2v) is 6.33. The Labute approximate surface area is 168 Å². The van der Waals surface area contributed by atoms with Gasteiger partial charge in [-0.05, 0) is 42.4 Å². The molecule has 0 radical (unpaired) electrons. The smallest absolute Gasteiger partial charge is 0.338 e. The Bertz CT molecular complexity index is 934. The lowest BCUT2D eigenvalue weighted by Gasteiger charge is -2.31. The molecule has 3 rings (SSSR count). The maximum absolute atomic E-state index is 12.8. The SMILES string of the molecule is CCOC(=O)C1=C(c2ccccc2)NC(=S)N[C@@H]1c1ccc(OCC#N)cc1. The number of nitrogens with one attached hydrogen (secondary N) is 2. The molecule has 0 spiro atoms. The van der Waals surface area contributed by atoms with Crippen molar-refractivity contribution in [1.29, 1.82) is 5.26 Å². The Morgan fingerprint density at radius 2 is 1.89 bits per heavy atom. The van der Waals surface area contributed by atoms with Crippen molar-refractivity contribution >= 4 is 29.0 Å². The molecule has 1 aliphatic heterocycles. The highest BCUT2D eigenvalue weighted by molar-refractivity contribution is 7.80. The van der Waals surface area contributed by atoms with Crippen molar-refractivity contribution in [2.75, 3.05) is 13.2 Å². The Hall–Kier alpha value is -3.37. The zero-order chi connectivity index (χ0) is 19.9. The van der Waals surface area contributed by atoms with Crippen LogP contribution in [0.4, 0.5) is 0 Å². The molecule has 1 aliphatic rings. The van der Waals surface area contributed by atoms with E-state index < -0.39 is 12.0 Å². The summed E-state index contributed by atoms with van der Waals surface area (Å²) in [7, 11) is 0. The molecule has 0 amide bonds. The quantitative estimate of drug-likeness (QED) is 0.576. The second-order valence-electron chi connectivity index (χ2n) is 5.92. The summed E-state index contributed by atoms with van der Waals surface area (Å²) in [6, 6.07) is 18.1. The number of hydrogen-bond donors (Lipinski definition) is 2. The highest BCUT2D eigenvalue weighted by atomic mass is 32.1. The number of nitrogens with zero attached hydrogens (tertiary/aromatic N) is 1. The molecule has 0 bridgehead atoms. The van der Waals surface area contributed by atoms with E-state index in [9.17, 15) is 4.79 Å². The first-order valence-electron chi connectivity index (χ1n) is 8.78. The summed E-state index contributed by atoms with van der Waals surface area (Å²) in [5.74, 6) is 0.158.